The molecule has 2 rings (SSSR count). The third-order valence-electron chi connectivity index (χ3n) is 3.25. The first-order valence-corrected chi connectivity index (χ1v) is 8.42. The Morgan fingerprint density at radius 1 is 1.30 bits per heavy atom. The van der Waals surface area contributed by atoms with Crippen LogP contribution in [0.2, 0.25) is 0 Å². The Bertz CT molecular complexity index is 696. The van der Waals surface area contributed by atoms with Crippen molar-refractivity contribution in [1.82, 2.24) is 0 Å². The lowest BCUT2D eigenvalue weighted by Gasteiger charge is -2.27. The number of rotatable bonds is 4. The third kappa shape index (κ3) is 2.95. The first-order valence-electron chi connectivity index (χ1n) is 5.99. The van der Waals surface area contributed by atoms with E-state index in [1.165, 1.54) is 17.0 Å². The van der Waals surface area contributed by atoms with E-state index in [1.54, 1.807) is 17.4 Å². The largest absolute Gasteiger partial charge is 0.397 e. The van der Waals surface area contributed by atoms with Crippen molar-refractivity contribution in [3.05, 3.63) is 40.6 Å². The van der Waals surface area contributed by atoms with E-state index in [0.717, 1.165) is 0 Å². The molecule has 5 nitrogen and oxygen atoms in total. The molecule has 2 aromatic rings. The molecule has 0 aliphatic heterocycles. The smallest absolute Gasteiger partial charge is 0.238 e. The first-order chi connectivity index (χ1) is 9.30. The highest BCUT2D eigenvalue weighted by Crippen LogP contribution is 2.33. The average Bonchev–Trinajstić information content (AvgIpc) is 2.90. The molecule has 7 heteroatoms. The van der Waals surface area contributed by atoms with Gasteiger partial charge >= 0.3 is 0 Å². The Morgan fingerprint density at radius 3 is 2.55 bits per heavy atom. The number of nitrogen functional groups attached to an aromatic ring is 1. The minimum Gasteiger partial charge on any atom is -0.397 e. The van der Waals surface area contributed by atoms with E-state index in [1.807, 2.05) is 36.4 Å². The summed E-state index contributed by atoms with van der Waals surface area (Å²) in [7, 11) is -1.86. The van der Waals surface area contributed by atoms with Gasteiger partial charge in [0, 0.05) is 11.9 Å². The fourth-order valence-electron chi connectivity index (χ4n) is 1.93. The molecule has 0 spiro atoms. The van der Waals surface area contributed by atoms with Crippen molar-refractivity contribution in [2.24, 2.45) is 5.14 Å². The summed E-state index contributed by atoms with van der Waals surface area (Å²) in [4.78, 5) is 3.18. The topological polar surface area (TPSA) is 89.4 Å². The summed E-state index contributed by atoms with van der Waals surface area (Å²) in [6.45, 7) is 2.04. The summed E-state index contributed by atoms with van der Waals surface area (Å²) >= 11 is 1.64. The molecule has 1 unspecified atom stereocenters. The van der Waals surface area contributed by atoms with Gasteiger partial charge < -0.3 is 10.6 Å². The number of nitrogens with two attached hydrogens (primary N) is 2. The number of primary sulfonamides is 1. The lowest BCUT2D eigenvalue weighted by atomic mass is 10.2. The molecular weight excluding hydrogens is 294 g/mol. The summed E-state index contributed by atoms with van der Waals surface area (Å²) in [6, 6.07) is 8.59. The van der Waals surface area contributed by atoms with Crippen LogP contribution >= 0.6 is 11.3 Å². The molecule has 0 fully saturated rings. The monoisotopic (exact) mass is 311 g/mol. The molecule has 1 heterocycles. The predicted octanol–water partition coefficient (Wildman–Crippen LogP) is 2.18. The van der Waals surface area contributed by atoms with Crippen LogP contribution in [0.5, 0.6) is 0 Å². The van der Waals surface area contributed by atoms with Gasteiger partial charge in [0.25, 0.3) is 0 Å². The van der Waals surface area contributed by atoms with Crippen molar-refractivity contribution in [2.45, 2.75) is 17.9 Å². The molecule has 0 radical (unpaired) electrons. The van der Waals surface area contributed by atoms with E-state index in [0.29, 0.717) is 11.4 Å². The second-order valence-electron chi connectivity index (χ2n) is 4.57. The first kappa shape index (κ1) is 14.8. The number of hydrogen-bond donors (Lipinski definition) is 2. The fraction of sp³-hybridized carbons (Fsp3) is 0.231. The van der Waals surface area contributed by atoms with Gasteiger partial charge in [0.05, 0.1) is 22.3 Å². The molecule has 0 amide bonds. The van der Waals surface area contributed by atoms with Crippen molar-refractivity contribution in [3.63, 3.8) is 0 Å². The number of anilines is 2. The minimum atomic E-state index is -3.73. The summed E-state index contributed by atoms with van der Waals surface area (Å²) in [6.07, 6.45) is 0. The Hall–Kier alpha value is -1.57. The average molecular weight is 311 g/mol. The lowest BCUT2D eigenvalue weighted by molar-refractivity contribution is 0.597. The molecule has 0 bridgehead atoms. The van der Waals surface area contributed by atoms with Gasteiger partial charge in [-0.25, -0.2) is 13.6 Å². The van der Waals surface area contributed by atoms with Gasteiger partial charge in [0.1, 0.15) is 0 Å². The number of nitrogens with zero attached hydrogens (tertiary/aromatic N) is 1. The van der Waals surface area contributed by atoms with Gasteiger partial charge in [-0.3, -0.25) is 0 Å². The van der Waals surface area contributed by atoms with Crippen LogP contribution in [0, 0.1) is 0 Å². The van der Waals surface area contributed by atoms with Crippen molar-refractivity contribution in [1.29, 1.82) is 0 Å². The van der Waals surface area contributed by atoms with E-state index in [2.05, 4.69) is 0 Å². The lowest BCUT2D eigenvalue weighted by Crippen LogP contribution is -2.22. The van der Waals surface area contributed by atoms with Crippen LogP contribution in [0.15, 0.2) is 40.6 Å². The molecule has 0 saturated heterocycles. The third-order valence-corrected chi connectivity index (χ3v) is 5.20. The SMILES string of the molecule is CC(c1cccs1)N(C)c1cc(S(N)(=O)=O)ccc1N. The molecule has 20 heavy (non-hydrogen) atoms. The molecule has 0 saturated carbocycles. The Kier molecular flexibility index (Phi) is 4.03. The van der Waals surface area contributed by atoms with Crippen LogP contribution in [-0.4, -0.2) is 15.5 Å². The maximum Gasteiger partial charge on any atom is 0.238 e. The highest BCUT2D eigenvalue weighted by Gasteiger charge is 2.18. The Labute approximate surface area is 122 Å². The van der Waals surface area contributed by atoms with Crippen LogP contribution < -0.4 is 15.8 Å². The molecule has 0 aliphatic carbocycles. The van der Waals surface area contributed by atoms with Gasteiger partial charge in [0.15, 0.2) is 0 Å². The second kappa shape index (κ2) is 5.43. The molecule has 4 N–H and O–H groups in total. The zero-order chi connectivity index (χ0) is 14.9. The standard InChI is InChI=1S/C13H17N3O2S2/c1-9(13-4-3-7-19-13)16(2)12-8-10(20(15,17)18)5-6-11(12)14/h3-9H,14H2,1-2H3,(H2,15,17,18). The highest BCUT2D eigenvalue weighted by molar-refractivity contribution is 7.89. The Morgan fingerprint density at radius 2 is 2.00 bits per heavy atom. The highest BCUT2D eigenvalue weighted by atomic mass is 32.2. The maximum absolute atomic E-state index is 11.4. The van der Waals surface area contributed by atoms with E-state index in [-0.39, 0.29) is 10.9 Å². The maximum atomic E-state index is 11.4. The molecule has 1 aromatic heterocycles. The molecule has 1 atom stereocenters. The quantitative estimate of drug-likeness (QED) is 0.847. The van der Waals surface area contributed by atoms with Gasteiger partial charge in [-0.15, -0.1) is 11.3 Å². The van der Waals surface area contributed by atoms with Crippen molar-refractivity contribution >= 4 is 32.7 Å². The van der Waals surface area contributed by atoms with Crippen LogP contribution in [-0.2, 0) is 10.0 Å². The summed E-state index contributed by atoms with van der Waals surface area (Å²) in [5.41, 5.74) is 7.12. The van der Waals surface area contributed by atoms with Gasteiger partial charge in [-0.05, 0) is 36.6 Å². The molecule has 1 aromatic carbocycles. The zero-order valence-corrected chi connectivity index (χ0v) is 12.9. The number of hydrogen-bond acceptors (Lipinski definition) is 5. The van der Waals surface area contributed by atoms with Crippen LogP contribution in [0.25, 0.3) is 0 Å². The van der Waals surface area contributed by atoms with Gasteiger partial charge in [0.2, 0.25) is 10.0 Å². The normalized spacial score (nSPS) is 13.2. The number of thiophene rings is 1. The van der Waals surface area contributed by atoms with Crippen LogP contribution in [0.4, 0.5) is 11.4 Å². The van der Waals surface area contributed by atoms with E-state index >= 15 is 0 Å². The summed E-state index contributed by atoms with van der Waals surface area (Å²) < 4.78 is 22.9. The van der Waals surface area contributed by atoms with E-state index < -0.39 is 10.0 Å². The molecule has 108 valence electrons. The molecular formula is C13H17N3O2S2. The van der Waals surface area contributed by atoms with Crippen molar-refractivity contribution in [2.75, 3.05) is 17.7 Å². The van der Waals surface area contributed by atoms with E-state index in [4.69, 9.17) is 10.9 Å². The zero-order valence-electron chi connectivity index (χ0n) is 11.3. The van der Waals surface area contributed by atoms with Gasteiger partial charge in [-0.2, -0.15) is 0 Å². The van der Waals surface area contributed by atoms with Crippen molar-refractivity contribution in [3.8, 4) is 0 Å². The van der Waals surface area contributed by atoms with Crippen LogP contribution in [0.3, 0.4) is 0 Å². The van der Waals surface area contributed by atoms with Gasteiger partial charge in [-0.1, -0.05) is 6.07 Å². The van der Waals surface area contributed by atoms with E-state index in [9.17, 15) is 8.42 Å². The summed E-state index contributed by atoms with van der Waals surface area (Å²) in [5.74, 6) is 0. The fourth-order valence-corrected chi connectivity index (χ4v) is 3.29. The molecule has 0 aliphatic rings. The summed E-state index contributed by atoms with van der Waals surface area (Å²) in [5, 5.41) is 7.17. The van der Waals surface area contributed by atoms with Crippen LogP contribution in [0.1, 0.15) is 17.8 Å². The Balaban J connectivity index is 2.41. The number of sulfonamides is 1. The van der Waals surface area contributed by atoms with Crippen molar-refractivity contribution < 1.29 is 8.42 Å². The second-order valence-corrected chi connectivity index (χ2v) is 7.11. The minimum absolute atomic E-state index is 0.0620. The predicted molar refractivity (Wildman–Crippen MR) is 83.4 cm³/mol. The number of benzene rings is 1.